The number of halogens is 1. The van der Waals surface area contributed by atoms with Gasteiger partial charge >= 0.3 is 0 Å². The predicted octanol–water partition coefficient (Wildman–Crippen LogP) is 1.94. The molecule has 4 nitrogen and oxygen atoms in total. The fourth-order valence-corrected chi connectivity index (χ4v) is 3.61. The molecule has 0 aromatic carbocycles. The normalized spacial score (nSPS) is 25.2. The summed E-state index contributed by atoms with van der Waals surface area (Å²) in [6, 6.07) is 0.370. The molecular formula is C15H27ClN2O2. The molecule has 0 spiro atoms. The van der Waals surface area contributed by atoms with Crippen LogP contribution in [0.4, 0.5) is 0 Å². The lowest BCUT2D eigenvalue weighted by atomic mass is 10.0. The Morgan fingerprint density at radius 2 is 1.35 bits per heavy atom. The Balaban J connectivity index is 2.07. The van der Waals surface area contributed by atoms with Crippen LogP contribution in [0.1, 0.15) is 20.8 Å². The van der Waals surface area contributed by atoms with Crippen molar-refractivity contribution in [2.45, 2.75) is 32.3 Å². The van der Waals surface area contributed by atoms with Crippen LogP contribution in [0.2, 0.25) is 0 Å². The van der Waals surface area contributed by atoms with E-state index in [9.17, 15) is 0 Å². The van der Waals surface area contributed by atoms with E-state index >= 15 is 0 Å². The van der Waals surface area contributed by atoms with E-state index in [1.807, 2.05) is 0 Å². The summed E-state index contributed by atoms with van der Waals surface area (Å²) >= 11 is 6.79. The van der Waals surface area contributed by atoms with Gasteiger partial charge in [0.2, 0.25) is 0 Å². The molecule has 0 N–H and O–H groups in total. The Hall–Kier alpha value is -0.130. The summed E-state index contributed by atoms with van der Waals surface area (Å²) in [4.78, 5) is 4.80. The molecule has 0 bridgehead atoms. The molecular weight excluding hydrogens is 276 g/mol. The first-order valence-electron chi connectivity index (χ1n) is 7.56. The van der Waals surface area contributed by atoms with Crippen LogP contribution in [-0.4, -0.2) is 73.9 Å². The SMILES string of the molecule is CC(C)=C(C(C)N1CCOCC1)C(Cl)N1CCOCC1. The molecule has 2 aliphatic rings. The first-order valence-corrected chi connectivity index (χ1v) is 8.00. The minimum Gasteiger partial charge on any atom is -0.379 e. The fourth-order valence-electron chi connectivity index (χ4n) is 3.02. The summed E-state index contributed by atoms with van der Waals surface area (Å²) in [5, 5.41) is 0. The lowest BCUT2D eigenvalue weighted by Gasteiger charge is -2.39. The zero-order chi connectivity index (χ0) is 14.5. The molecule has 2 heterocycles. The van der Waals surface area contributed by atoms with Crippen LogP contribution in [0.25, 0.3) is 0 Å². The van der Waals surface area contributed by atoms with Gasteiger partial charge in [0.15, 0.2) is 0 Å². The maximum absolute atomic E-state index is 6.79. The Kier molecular flexibility index (Phi) is 6.30. The summed E-state index contributed by atoms with van der Waals surface area (Å²) in [5.74, 6) is 0. The minimum atomic E-state index is -0.0262. The molecule has 2 unspecified atom stereocenters. The second-order valence-corrected chi connectivity index (χ2v) is 6.18. The van der Waals surface area contributed by atoms with E-state index in [4.69, 9.17) is 21.1 Å². The number of allylic oxidation sites excluding steroid dienone is 1. The highest BCUT2D eigenvalue weighted by Crippen LogP contribution is 2.26. The first kappa shape index (κ1) is 16.2. The van der Waals surface area contributed by atoms with Gasteiger partial charge in [0, 0.05) is 32.2 Å². The molecule has 0 amide bonds. The molecule has 0 aliphatic carbocycles. The third kappa shape index (κ3) is 3.95. The van der Waals surface area contributed by atoms with Gasteiger partial charge in [0.05, 0.1) is 26.4 Å². The van der Waals surface area contributed by atoms with Crippen LogP contribution in [0.15, 0.2) is 11.1 Å². The van der Waals surface area contributed by atoms with Gasteiger partial charge in [-0.25, -0.2) is 0 Å². The average molecular weight is 303 g/mol. The van der Waals surface area contributed by atoms with Crippen LogP contribution in [-0.2, 0) is 9.47 Å². The van der Waals surface area contributed by atoms with Gasteiger partial charge in [-0.05, 0) is 26.3 Å². The highest BCUT2D eigenvalue weighted by atomic mass is 35.5. The molecule has 2 rings (SSSR count). The van der Waals surface area contributed by atoms with E-state index in [0.717, 1.165) is 52.6 Å². The molecule has 0 radical (unpaired) electrons. The molecule has 116 valence electrons. The number of morpholine rings is 2. The molecule has 0 aromatic heterocycles. The third-order valence-corrected chi connectivity index (χ3v) is 4.75. The molecule has 5 heteroatoms. The quantitative estimate of drug-likeness (QED) is 0.450. The predicted molar refractivity (Wildman–Crippen MR) is 82.3 cm³/mol. The van der Waals surface area contributed by atoms with Gasteiger partial charge in [0.1, 0.15) is 5.50 Å². The lowest BCUT2D eigenvalue weighted by molar-refractivity contribution is 0.0179. The van der Waals surface area contributed by atoms with Gasteiger partial charge in [-0.2, -0.15) is 0 Å². The van der Waals surface area contributed by atoms with E-state index in [2.05, 4.69) is 30.6 Å². The Morgan fingerprint density at radius 3 is 1.80 bits per heavy atom. The molecule has 2 atom stereocenters. The van der Waals surface area contributed by atoms with E-state index in [1.54, 1.807) is 0 Å². The monoisotopic (exact) mass is 302 g/mol. The minimum absolute atomic E-state index is 0.0262. The molecule has 2 aliphatic heterocycles. The summed E-state index contributed by atoms with van der Waals surface area (Å²) in [6.45, 7) is 13.6. The van der Waals surface area contributed by atoms with Crippen molar-refractivity contribution in [1.29, 1.82) is 0 Å². The second kappa shape index (κ2) is 7.76. The molecule has 20 heavy (non-hydrogen) atoms. The highest BCUT2D eigenvalue weighted by molar-refractivity contribution is 6.22. The molecule has 0 saturated carbocycles. The van der Waals surface area contributed by atoms with Crippen LogP contribution in [0.5, 0.6) is 0 Å². The van der Waals surface area contributed by atoms with Crippen LogP contribution in [0.3, 0.4) is 0 Å². The van der Waals surface area contributed by atoms with Gasteiger partial charge in [0.25, 0.3) is 0 Å². The number of hydrogen-bond acceptors (Lipinski definition) is 4. The number of ether oxygens (including phenoxy) is 2. The van der Waals surface area contributed by atoms with Gasteiger partial charge in [-0.3, -0.25) is 9.80 Å². The van der Waals surface area contributed by atoms with Gasteiger partial charge in [-0.1, -0.05) is 5.57 Å². The number of alkyl halides is 1. The van der Waals surface area contributed by atoms with Gasteiger partial charge < -0.3 is 9.47 Å². The van der Waals surface area contributed by atoms with Crippen molar-refractivity contribution in [2.24, 2.45) is 0 Å². The summed E-state index contributed by atoms with van der Waals surface area (Å²) in [7, 11) is 0. The van der Waals surface area contributed by atoms with Crippen molar-refractivity contribution in [1.82, 2.24) is 9.80 Å². The molecule has 2 saturated heterocycles. The number of nitrogens with zero attached hydrogens (tertiary/aromatic N) is 2. The smallest absolute Gasteiger partial charge is 0.108 e. The van der Waals surface area contributed by atoms with Crippen molar-refractivity contribution in [2.75, 3.05) is 52.6 Å². The fraction of sp³-hybridized carbons (Fsp3) is 0.867. The Morgan fingerprint density at radius 1 is 0.900 bits per heavy atom. The number of rotatable bonds is 4. The van der Waals surface area contributed by atoms with Crippen molar-refractivity contribution < 1.29 is 9.47 Å². The largest absolute Gasteiger partial charge is 0.379 e. The Bertz CT molecular complexity index is 307. The van der Waals surface area contributed by atoms with Crippen molar-refractivity contribution in [3.63, 3.8) is 0 Å². The standard InChI is InChI=1S/C15H27ClN2O2/c1-12(2)14(13(3)17-4-8-19-9-5-17)15(16)18-6-10-20-11-7-18/h13,15H,4-11H2,1-3H3. The van der Waals surface area contributed by atoms with E-state index in [-0.39, 0.29) is 5.50 Å². The Labute approximate surface area is 127 Å². The van der Waals surface area contributed by atoms with E-state index < -0.39 is 0 Å². The van der Waals surface area contributed by atoms with Crippen molar-refractivity contribution in [3.8, 4) is 0 Å². The maximum Gasteiger partial charge on any atom is 0.108 e. The second-order valence-electron chi connectivity index (χ2n) is 5.76. The average Bonchev–Trinajstić information content (AvgIpc) is 2.48. The number of hydrogen-bond donors (Lipinski definition) is 0. The maximum atomic E-state index is 6.79. The summed E-state index contributed by atoms with van der Waals surface area (Å²) in [6.07, 6.45) is 0. The third-order valence-electron chi connectivity index (χ3n) is 4.24. The topological polar surface area (TPSA) is 24.9 Å². The molecule has 2 fully saturated rings. The zero-order valence-corrected chi connectivity index (χ0v) is 13.7. The zero-order valence-electron chi connectivity index (χ0n) is 12.9. The summed E-state index contributed by atoms with van der Waals surface area (Å²) < 4.78 is 10.9. The van der Waals surface area contributed by atoms with Gasteiger partial charge in [-0.15, -0.1) is 11.6 Å². The van der Waals surface area contributed by atoms with Crippen LogP contribution in [0, 0.1) is 0 Å². The van der Waals surface area contributed by atoms with E-state index in [0.29, 0.717) is 6.04 Å². The van der Waals surface area contributed by atoms with Crippen LogP contribution < -0.4 is 0 Å². The van der Waals surface area contributed by atoms with Crippen molar-refractivity contribution in [3.05, 3.63) is 11.1 Å². The van der Waals surface area contributed by atoms with Crippen molar-refractivity contribution >= 4 is 11.6 Å². The van der Waals surface area contributed by atoms with Crippen LogP contribution >= 0.6 is 11.6 Å². The molecule has 0 aromatic rings. The van der Waals surface area contributed by atoms with E-state index in [1.165, 1.54) is 11.1 Å². The highest BCUT2D eigenvalue weighted by Gasteiger charge is 2.29. The lowest BCUT2D eigenvalue weighted by Crippen LogP contribution is -2.49. The first-order chi connectivity index (χ1) is 9.61. The summed E-state index contributed by atoms with van der Waals surface area (Å²) in [5.41, 5.74) is 2.65.